The lowest BCUT2D eigenvalue weighted by Crippen LogP contribution is -2.33. The maximum atomic E-state index is 13.5. The Morgan fingerprint density at radius 2 is 2.15 bits per heavy atom. The van der Waals surface area contributed by atoms with E-state index < -0.39 is 0 Å². The van der Waals surface area contributed by atoms with Crippen LogP contribution in [0.3, 0.4) is 0 Å². The molecule has 1 atom stereocenters. The van der Waals surface area contributed by atoms with Crippen molar-refractivity contribution in [3.05, 3.63) is 56.4 Å². The highest BCUT2D eigenvalue weighted by Crippen LogP contribution is 2.18. The molecular formula is C16H19BrFNS. The van der Waals surface area contributed by atoms with Crippen LogP contribution in [0.25, 0.3) is 0 Å². The quantitative estimate of drug-likeness (QED) is 0.751. The molecule has 20 heavy (non-hydrogen) atoms. The molecule has 0 saturated heterocycles. The van der Waals surface area contributed by atoms with Gasteiger partial charge in [0.2, 0.25) is 0 Å². The molecule has 0 bridgehead atoms. The van der Waals surface area contributed by atoms with E-state index in [1.165, 1.54) is 10.9 Å². The highest BCUT2D eigenvalue weighted by Gasteiger charge is 2.11. The molecule has 2 aromatic rings. The van der Waals surface area contributed by atoms with Gasteiger partial charge in [0, 0.05) is 15.4 Å². The minimum absolute atomic E-state index is 0.181. The molecule has 0 saturated carbocycles. The van der Waals surface area contributed by atoms with Crippen molar-refractivity contribution in [3.63, 3.8) is 0 Å². The molecule has 1 heterocycles. The maximum absolute atomic E-state index is 13.5. The van der Waals surface area contributed by atoms with Crippen LogP contribution in [-0.4, -0.2) is 12.6 Å². The first-order valence-electron chi connectivity index (χ1n) is 6.88. The van der Waals surface area contributed by atoms with E-state index in [0.29, 0.717) is 6.04 Å². The molecule has 0 aliphatic carbocycles. The van der Waals surface area contributed by atoms with E-state index in [1.807, 2.05) is 6.07 Å². The van der Waals surface area contributed by atoms with Gasteiger partial charge in [-0.25, -0.2) is 4.39 Å². The summed E-state index contributed by atoms with van der Waals surface area (Å²) in [4.78, 5) is 1.37. The number of benzene rings is 1. The van der Waals surface area contributed by atoms with Gasteiger partial charge in [0.05, 0.1) is 0 Å². The van der Waals surface area contributed by atoms with E-state index in [9.17, 15) is 4.39 Å². The average Bonchev–Trinajstić information content (AvgIpc) is 2.87. The summed E-state index contributed by atoms with van der Waals surface area (Å²) in [7, 11) is 0. The van der Waals surface area contributed by atoms with E-state index in [-0.39, 0.29) is 5.82 Å². The zero-order valence-corrected chi connectivity index (χ0v) is 13.9. The molecule has 0 aliphatic rings. The second-order valence-corrected chi connectivity index (χ2v) is 6.86. The zero-order chi connectivity index (χ0) is 14.4. The fraction of sp³-hybridized carbons (Fsp3) is 0.375. The molecule has 108 valence electrons. The highest BCUT2D eigenvalue weighted by atomic mass is 79.9. The molecule has 0 spiro atoms. The number of halogens is 2. The fourth-order valence-corrected chi connectivity index (χ4v) is 3.55. The molecule has 0 radical (unpaired) electrons. The van der Waals surface area contributed by atoms with Crippen molar-refractivity contribution in [2.24, 2.45) is 0 Å². The Hall–Kier alpha value is -0.710. The normalized spacial score (nSPS) is 12.6. The lowest BCUT2D eigenvalue weighted by molar-refractivity contribution is 0.506. The first-order valence-corrected chi connectivity index (χ1v) is 8.55. The lowest BCUT2D eigenvalue weighted by atomic mass is 10.0. The second kappa shape index (κ2) is 7.91. The third-order valence-electron chi connectivity index (χ3n) is 3.12. The first kappa shape index (κ1) is 15.7. The summed E-state index contributed by atoms with van der Waals surface area (Å²) in [6, 6.07) is 9.71. The third-order valence-corrected chi connectivity index (χ3v) is 4.47. The Balaban J connectivity index is 2.05. The van der Waals surface area contributed by atoms with Gasteiger partial charge < -0.3 is 5.32 Å². The molecule has 1 aromatic heterocycles. The average molecular weight is 356 g/mol. The number of thiophene rings is 1. The molecule has 0 fully saturated rings. The highest BCUT2D eigenvalue weighted by molar-refractivity contribution is 9.10. The summed E-state index contributed by atoms with van der Waals surface area (Å²) < 4.78 is 14.3. The van der Waals surface area contributed by atoms with Crippen LogP contribution in [-0.2, 0) is 12.8 Å². The SMILES string of the molecule is CCCNC(Cc1cc(F)cc(Br)c1)Cc1cccs1. The Kier molecular flexibility index (Phi) is 6.20. The summed E-state index contributed by atoms with van der Waals surface area (Å²) in [6.07, 6.45) is 2.94. The van der Waals surface area contributed by atoms with E-state index in [4.69, 9.17) is 0 Å². The van der Waals surface area contributed by atoms with Crippen LogP contribution in [0.4, 0.5) is 4.39 Å². The van der Waals surface area contributed by atoms with Gasteiger partial charge in [-0.05, 0) is 61.0 Å². The fourth-order valence-electron chi connectivity index (χ4n) is 2.25. The molecule has 0 amide bonds. The minimum Gasteiger partial charge on any atom is -0.313 e. The maximum Gasteiger partial charge on any atom is 0.124 e. The van der Waals surface area contributed by atoms with E-state index in [1.54, 1.807) is 17.4 Å². The first-order chi connectivity index (χ1) is 9.67. The molecule has 1 aromatic carbocycles. The lowest BCUT2D eigenvalue weighted by Gasteiger charge is -2.18. The van der Waals surface area contributed by atoms with Crippen LogP contribution >= 0.6 is 27.3 Å². The molecule has 2 rings (SSSR count). The van der Waals surface area contributed by atoms with Gasteiger partial charge in [0.1, 0.15) is 5.82 Å². The molecule has 1 unspecified atom stereocenters. The van der Waals surface area contributed by atoms with Gasteiger partial charge in [-0.15, -0.1) is 11.3 Å². The smallest absolute Gasteiger partial charge is 0.124 e. The number of nitrogens with one attached hydrogen (secondary N) is 1. The molecular weight excluding hydrogens is 337 g/mol. The van der Waals surface area contributed by atoms with Gasteiger partial charge in [0.15, 0.2) is 0 Å². The molecule has 4 heteroatoms. The number of hydrogen-bond donors (Lipinski definition) is 1. The summed E-state index contributed by atoms with van der Waals surface area (Å²) in [5, 5.41) is 5.67. The topological polar surface area (TPSA) is 12.0 Å². The summed E-state index contributed by atoms with van der Waals surface area (Å²) in [6.45, 7) is 3.15. The van der Waals surface area contributed by atoms with Crippen molar-refractivity contribution in [2.45, 2.75) is 32.2 Å². The van der Waals surface area contributed by atoms with Gasteiger partial charge >= 0.3 is 0 Å². The van der Waals surface area contributed by atoms with Crippen LogP contribution in [0.5, 0.6) is 0 Å². The number of hydrogen-bond acceptors (Lipinski definition) is 2. The Morgan fingerprint density at radius 3 is 2.80 bits per heavy atom. The molecule has 0 aliphatic heterocycles. The van der Waals surface area contributed by atoms with Gasteiger partial charge in [-0.1, -0.05) is 28.9 Å². The van der Waals surface area contributed by atoms with Gasteiger partial charge in [0.25, 0.3) is 0 Å². The van der Waals surface area contributed by atoms with E-state index in [0.717, 1.165) is 35.8 Å². The van der Waals surface area contributed by atoms with E-state index in [2.05, 4.69) is 45.7 Å². The van der Waals surface area contributed by atoms with Crippen LogP contribution < -0.4 is 5.32 Å². The van der Waals surface area contributed by atoms with Crippen molar-refractivity contribution in [2.75, 3.05) is 6.54 Å². The van der Waals surface area contributed by atoms with Crippen LogP contribution in [0, 0.1) is 5.82 Å². The van der Waals surface area contributed by atoms with Crippen LogP contribution in [0.15, 0.2) is 40.2 Å². The summed E-state index contributed by atoms with van der Waals surface area (Å²) >= 11 is 5.14. The zero-order valence-electron chi connectivity index (χ0n) is 11.5. The summed E-state index contributed by atoms with van der Waals surface area (Å²) in [5.41, 5.74) is 1.03. The Bertz CT molecular complexity index is 507. The van der Waals surface area contributed by atoms with E-state index >= 15 is 0 Å². The van der Waals surface area contributed by atoms with Crippen LogP contribution in [0.2, 0.25) is 0 Å². The predicted octanol–water partition coefficient (Wildman–Crippen LogP) is 4.80. The third kappa shape index (κ3) is 5.00. The van der Waals surface area contributed by atoms with Gasteiger partial charge in [-0.3, -0.25) is 0 Å². The predicted molar refractivity (Wildman–Crippen MR) is 87.9 cm³/mol. The van der Waals surface area contributed by atoms with Crippen LogP contribution in [0.1, 0.15) is 23.8 Å². The molecule has 1 N–H and O–H groups in total. The Morgan fingerprint density at radius 1 is 1.30 bits per heavy atom. The van der Waals surface area contributed by atoms with Crippen molar-refractivity contribution in [1.29, 1.82) is 0 Å². The minimum atomic E-state index is -0.181. The molecule has 1 nitrogen and oxygen atoms in total. The summed E-state index contributed by atoms with van der Waals surface area (Å²) in [5.74, 6) is -0.181. The van der Waals surface area contributed by atoms with Crippen molar-refractivity contribution < 1.29 is 4.39 Å². The van der Waals surface area contributed by atoms with Crippen molar-refractivity contribution >= 4 is 27.3 Å². The standard InChI is InChI=1S/C16H19BrFNS/c1-2-5-19-15(11-16-4-3-6-20-16)9-12-7-13(17)10-14(18)8-12/h3-4,6-8,10,15,19H,2,5,9,11H2,1H3. The monoisotopic (exact) mass is 355 g/mol. The second-order valence-electron chi connectivity index (χ2n) is 4.92. The van der Waals surface area contributed by atoms with Crippen molar-refractivity contribution in [1.82, 2.24) is 5.32 Å². The Labute approximate surface area is 132 Å². The van der Waals surface area contributed by atoms with Gasteiger partial charge in [-0.2, -0.15) is 0 Å². The largest absolute Gasteiger partial charge is 0.313 e. The van der Waals surface area contributed by atoms with Crippen molar-refractivity contribution in [3.8, 4) is 0 Å². The number of rotatable bonds is 7.